The van der Waals surface area contributed by atoms with E-state index >= 15 is 0 Å². The molecule has 0 amide bonds. The Balaban J connectivity index is -0.0000000304. The van der Waals surface area contributed by atoms with E-state index in [2.05, 4.69) is 49.1 Å². The third-order valence-corrected chi connectivity index (χ3v) is 1.25. The van der Waals surface area contributed by atoms with Crippen molar-refractivity contribution in [2.75, 3.05) is 7.11 Å². The van der Waals surface area contributed by atoms with Crippen LogP contribution in [0.25, 0.3) is 0 Å². The van der Waals surface area contributed by atoms with Crippen LogP contribution in [-0.4, -0.2) is 11.7 Å². The van der Waals surface area contributed by atoms with Crippen molar-refractivity contribution in [3.63, 3.8) is 0 Å². The minimum atomic E-state index is 0.524. The summed E-state index contributed by atoms with van der Waals surface area (Å²) in [4.78, 5) is 0. The van der Waals surface area contributed by atoms with Crippen molar-refractivity contribution in [2.45, 2.75) is 12.8 Å². The van der Waals surface area contributed by atoms with Crippen LogP contribution in [-0.2, 0) is 43.8 Å². The summed E-state index contributed by atoms with van der Waals surface area (Å²) < 4.78 is 43.1. The summed E-state index contributed by atoms with van der Waals surface area (Å²) in [5, 5.41) is 8.08. The molecule has 94 valence electrons. The van der Waals surface area contributed by atoms with E-state index in [1.54, 1.807) is 7.11 Å². The summed E-state index contributed by atoms with van der Waals surface area (Å²) in [6.07, 6.45) is 1.23. The van der Waals surface area contributed by atoms with Gasteiger partial charge in [-0.05, 0) is 0 Å². The second-order valence-electron chi connectivity index (χ2n) is 1.23. The Kier molecular flexibility index (Phi) is 213. The Morgan fingerprint density at radius 1 is 1.00 bits per heavy atom. The first-order valence-corrected chi connectivity index (χ1v) is 3.91. The molecule has 0 saturated carbocycles. The molecule has 0 rings (SSSR count). The fraction of sp³-hybridized carbons (Fsp3) is 0.300. The number of nitriles is 1. The Labute approximate surface area is 113 Å². The van der Waals surface area contributed by atoms with Gasteiger partial charge in [-0.2, -0.15) is 0 Å². The zero-order chi connectivity index (χ0) is 16.4. The van der Waals surface area contributed by atoms with Crippen LogP contribution in [0.3, 0.4) is 0 Å². The average molecular weight is 289 g/mol. The third kappa shape index (κ3) is 129. The fourth-order valence-electron chi connectivity index (χ4n) is 0.260. The van der Waals surface area contributed by atoms with Crippen molar-refractivity contribution in [1.82, 2.24) is 0 Å². The predicted molar refractivity (Wildman–Crippen MR) is 46.5 cm³/mol. The normalized spacial score (nSPS) is 4.11. The molecule has 0 aliphatic rings. The summed E-state index contributed by atoms with van der Waals surface area (Å²) in [5.41, 5.74) is 0. The molecule has 18 heavy (non-hydrogen) atoms. The molecular formula is C10H7CrNO6. The Hall–Kier alpha value is -1.45. The Bertz CT molecular complexity index is 249. The van der Waals surface area contributed by atoms with Crippen molar-refractivity contribution in [1.29, 1.82) is 5.26 Å². The number of ether oxygens (including phenoxy) is 1. The van der Waals surface area contributed by atoms with Crippen LogP contribution in [0.4, 0.5) is 0 Å². The van der Waals surface area contributed by atoms with Crippen LogP contribution in [0, 0.1) is 44.6 Å². The van der Waals surface area contributed by atoms with E-state index in [1.807, 2.05) is 6.07 Å². The molecule has 0 fully saturated rings. The number of rotatable bonds is 3. The van der Waals surface area contributed by atoms with Gasteiger partial charge in [-0.3, -0.25) is 0 Å². The van der Waals surface area contributed by atoms with E-state index in [-0.39, 0.29) is 0 Å². The van der Waals surface area contributed by atoms with Crippen molar-refractivity contribution in [3.8, 4) is 6.07 Å². The van der Waals surface area contributed by atoms with E-state index in [9.17, 15) is 0 Å². The van der Waals surface area contributed by atoms with E-state index in [4.69, 9.17) is 33.3 Å². The third-order valence-electron chi connectivity index (χ3n) is 0.669. The van der Waals surface area contributed by atoms with Gasteiger partial charge >= 0.3 is 113 Å². The van der Waals surface area contributed by atoms with Crippen molar-refractivity contribution in [2.24, 2.45) is 0 Å². The van der Waals surface area contributed by atoms with E-state index in [0.29, 0.717) is 12.8 Å². The summed E-state index contributed by atoms with van der Waals surface area (Å²) in [5.74, 6) is 0. The maximum absolute atomic E-state index is 8.08. The number of hydrogen-bond acceptors (Lipinski definition) is 2. The molecule has 0 heterocycles. The molecule has 0 unspecified atom stereocenters. The number of methoxy groups -OCH3 is 1. The second kappa shape index (κ2) is 107. The van der Waals surface area contributed by atoms with Crippen LogP contribution >= 0.6 is 0 Å². The van der Waals surface area contributed by atoms with Gasteiger partial charge in [-0.15, -0.1) is 0 Å². The van der Waals surface area contributed by atoms with Gasteiger partial charge in [0.05, 0.1) is 0 Å². The van der Waals surface area contributed by atoms with Gasteiger partial charge < -0.3 is 0 Å². The first-order valence-electron chi connectivity index (χ1n) is 3.27. The quantitative estimate of drug-likeness (QED) is 0.550. The molecule has 7 nitrogen and oxygen atoms in total. The molecule has 0 aliphatic heterocycles. The van der Waals surface area contributed by atoms with Gasteiger partial charge in [0.2, 0.25) is 0 Å². The molecule has 0 bridgehead atoms. The molecule has 0 N–H and O–H groups in total. The number of hydrogen-bond donors (Lipinski definition) is 0. The fourth-order valence-corrected chi connectivity index (χ4v) is 0.419. The zero-order valence-corrected chi connectivity index (χ0v) is 10.5. The monoisotopic (exact) mass is 289 g/mol. The average Bonchev–Trinajstić information content (AvgIpc) is 2.54. The Morgan fingerprint density at radius 2 is 1.28 bits per heavy atom. The SMILES string of the molecule is CO[C](=[Cr])CCC#N.[C-]#[O+].[C-]#[O+].[C-]#[O+].[C-]#[O+].[C-]#[O+]. The van der Waals surface area contributed by atoms with E-state index in [0.717, 1.165) is 4.57 Å². The maximum atomic E-state index is 8.08. The molecule has 0 aliphatic carbocycles. The molecule has 0 aromatic heterocycles. The molecule has 0 aromatic rings. The van der Waals surface area contributed by atoms with Crippen molar-refractivity contribution < 1.29 is 43.8 Å². The first-order chi connectivity index (χ1) is 8.81. The Morgan fingerprint density at radius 3 is 1.44 bits per heavy atom. The summed E-state index contributed by atoms with van der Waals surface area (Å²) >= 11 is 2.70. The second-order valence-corrected chi connectivity index (χ2v) is 1.95. The van der Waals surface area contributed by atoms with Crippen LogP contribution in [0.5, 0.6) is 0 Å². The number of nitrogens with zero attached hydrogens (tertiary/aromatic N) is 1. The van der Waals surface area contributed by atoms with Gasteiger partial charge in [-0.1, -0.05) is 0 Å². The zero-order valence-electron chi connectivity index (χ0n) is 9.22. The summed E-state index contributed by atoms with van der Waals surface area (Å²) in [6.45, 7) is 22.5. The molecule has 0 aromatic carbocycles. The molecule has 0 saturated heterocycles. The molecular weight excluding hydrogens is 282 g/mol. The molecule has 0 atom stereocenters. The van der Waals surface area contributed by atoms with E-state index in [1.165, 1.54) is 0 Å². The van der Waals surface area contributed by atoms with Gasteiger partial charge in [0.15, 0.2) is 0 Å². The van der Waals surface area contributed by atoms with Crippen molar-refractivity contribution in [3.05, 3.63) is 33.3 Å². The molecule has 0 radical (unpaired) electrons. The first kappa shape index (κ1) is 36.0. The predicted octanol–water partition coefficient (Wildman–Crippen LogP) is 0.426. The van der Waals surface area contributed by atoms with Crippen LogP contribution in [0.15, 0.2) is 0 Å². The van der Waals surface area contributed by atoms with Crippen LogP contribution < -0.4 is 0 Å². The van der Waals surface area contributed by atoms with E-state index < -0.39 is 0 Å². The van der Waals surface area contributed by atoms with Gasteiger partial charge in [0, 0.05) is 0 Å². The van der Waals surface area contributed by atoms with Gasteiger partial charge in [-0.25, -0.2) is 0 Å². The minimum absolute atomic E-state index is 0.524. The standard InChI is InChI=1S/C5H7NO.5CO.Cr/c1-7-5-3-2-4-6;5*1-2;/h2-3H2,1H3;;;;;;. The molecule has 8 heteroatoms. The van der Waals surface area contributed by atoms with Crippen LogP contribution in [0.1, 0.15) is 12.8 Å². The van der Waals surface area contributed by atoms with Crippen molar-refractivity contribution >= 4 is 4.57 Å². The molecule has 0 spiro atoms. The summed E-state index contributed by atoms with van der Waals surface area (Å²) in [6, 6.07) is 2.01. The van der Waals surface area contributed by atoms with Gasteiger partial charge in [0.25, 0.3) is 0 Å². The van der Waals surface area contributed by atoms with Crippen LogP contribution in [0.2, 0.25) is 0 Å². The topological polar surface area (TPSA) is 133 Å². The van der Waals surface area contributed by atoms with Gasteiger partial charge in [0.1, 0.15) is 0 Å². The summed E-state index contributed by atoms with van der Waals surface area (Å²) in [7, 11) is 1.59.